The monoisotopic (exact) mass is 256 g/mol. The fourth-order valence-electron chi connectivity index (χ4n) is 1.94. The van der Waals surface area contributed by atoms with Gasteiger partial charge in [-0.15, -0.1) is 0 Å². The molecule has 0 bridgehead atoms. The largest absolute Gasteiger partial charge is 0.359 e. The van der Waals surface area contributed by atoms with Crippen molar-refractivity contribution in [2.24, 2.45) is 0 Å². The summed E-state index contributed by atoms with van der Waals surface area (Å²) in [4.78, 5) is 10.6. The Morgan fingerprint density at radius 3 is 2.58 bits per heavy atom. The standard InChI is InChI=1S/C15H20N4/c1-16-12-14-5-9-18-15(11-14)19(2)10-6-13-3-7-17-8-4-13/h3-5,7-9,11,16H,6,10,12H2,1-2H3. The Morgan fingerprint density at radius 1 is 1.11 bits per heavy atom. The first-order valence-corrected chi connectivity index (χ1v) is 6.49. The summed E-state index contributed by atoms with van der Waals surface area (Å²) in [6.07, 6.45) is 6.53. The predicted molar refractivity (Wildman–Crippen MR) is 78.2 cm³/mol. The minimum absolute atomic E-state index is 0.869. The van der Waals surface area contributed by atoms with Gasteiger partial charge in [0.2, 0.25) is 0 Å². The Bertz CT molecular complexity index is 499. The number of rotatable bonds is 6. The number of nitrogens with zero attached hydrogens (tertiary/aromatic N) is 3. The van der Waals surface area contributed by atoms with E-state index in [4.69, 9.17) is 0 Å². The van der Waals surface area contributed by atoms with Crippen LogP contribution in [0.2, 0.25) is 0 Å². The highest BCUT2D eigenvalue weighted by molar-refractivity contribution is 5.40. The second kappa shape index (κ2) is 6.85. The lowest BCUT2D eigenvalue weighted by atomic mass is 10.2. The van der Waals surface area contributed by atoms with Crippen molar-refractivity contribution in [3.8, 4) is 0 Å². The van der Waals surface area contributed by atoms with E-state index < -0.39 is 0 Å². The van der Waals surface area contributed by atoms with Gasteiger partial charge in [0.15, 0.2) is 0 Å². The van der Waals surface area contributed by atoms with E-state index >= 15 is 0 Å². The molecule has 0 atom stereocenters. The van der Waals surface area contributed by atoms with Crippen molar-refractivity contribution in [3.63, 3.8) is 0 Å². The molecule has 0 unspecified atom stereocenters. The molecule has 2 rings (SSSR count). The van der Waals surface area contributed by atoms with Crippen LogP contribution in [0.1, 0.15) is 11.1 Å². The van der Waals surface area contributed by atoms with Crippen LogP contribution in [-0.2, 0) is 13.0 Å². The minimum atomic E-state index is 0.869. The molecule has 1 N–H and O–H groups in total. The van der Waals surface area contributed by atoms with E-state index in [1.165, 1.54) is 11.1 Å². The van der Waals surface area contributed by atoms with Crippen molar-refractivity contribution in [2.75, 3.05) is 25.5 Å². The molecule has 2 aromatic heterocycles. The first-order valence-electron chi connectivity index (χ1n) is 6.49. The number of anilines is 1. The summed E-state index contributed by atoms with van der Waals surface area (Å²) >= 11 is 0. The van der Waals surface area contributed by atoms with E-state index in [-0.39, 0.29) is 0 Å². The smallest absolute Gasteiger partial charge is 0.128 e. The lowest BCUT2D eigenvalue weighted by Gasteiger charge is -2.18. The van der Waals surface area contributed by atoms with Gasteiger partial charge in [-0.3, -0.25) is 4.98 Å². The van der Waals surface area contributed by atoms with Crippen LogP contribution in [-0.4, -0.2) is 30.6 Å². The molecule has 0 saturated heterocycles. The van der Waals surface area contributed by atoms with Gasteiger partial charge in [-0.2, -0.15) is 0 Å². The zero-order valence-corrected chi connectivity index (χ0v) is 11.5. The highest BCUT2D eigenvalue weighted by Gasteiger charge is 2.03. The maximum Gasteiger partial charge on any atom is 0.128 e. The summed E-state index contributed by atoms with van der Waals surface area (Å²) in [6.45, 7) is 1.81. The second-order valence-corrected chi connectivity index (χ2v) is 4.58. The normalized spacial score (nSPS) is 10.4. The third kappa shape index (κ3) is 4.03. The Kier molecular flexibility index (Phi) is 4.86. The van der Waals surface area contributed by atoms with Crippen molar-refractivity contribution in [2.45, 2.75) is 13.0 Å². The number of pyridine rings is 2. The van der Waals surface area contributed by atoms with Crippen LogP contribution in [0.4, 0.5) is 5.82 Å². The van der Waals surface area contributed by atoms with Crippen LogP contribution in [0.25, 0.3) is 0 Å². The van der Waals surface area contributed by atoms with Crippen LogP contribution < -0.4 is 10.2 Å². The van der Waals surface area contributed by atoms with Gasteiger partial charge in [0.1, 0.15) is 5.82 Å². The number of aromatic nitrogens is 2. The fourth-order valence-corrected chi connectivity index (χ4v) is 1.94. The minimum Gasteiger partial charge on any atom is -0.359 e. The molecular weight excluding hydrogens is 236 g/mol. The Morgan fingerprint density at radius 2 is 1.84 bits per heavy atom. The van der Waals surface area contributed by atoms with E-state index in [2.05, 4.69) is 45.4 Å². The summed E-state index contributed by atoms with van der Waals surface area (Å²) in [5.41, 5.74) is 2.55. The summed E-state index contributed by atoms with van der Waals surface area (Å²) in [7, 11) is 4.03. The van der Waals surface area contributed by atoms with Crippen LogP contribution in [0.15, 0.2) is 42.9 Å². The van der Waals surface area contributed by atoms with Crippen molar-refractivity contribution in [1.82, 2.24) is 15.3 Å². The van der Waals surface area contributed by atoms with Gasteiger partial charge < -0.3 is 10.2 Å². The molecule has 0 spiro atoms. The number of nitrogens with one attached hydrogen (secondary N) is 1. The average Bonchev–Trinajstić information content (AvgIpc) is 2.46. The molecule has 2 heterocycles. The van der Waals surface area contributed by atoms with Crippen molar-refractivity contribution < 1.29 is 0 Å². The predicted octanol–water partition coefficient (Wildman–Crippen LogP) is 1.87. The summed E-state index contributed by atoms with van der Waals surface area (Å²) in [5, 5.41) is 3.15. The molecule has 0 radical (unpaired) electrons. The van der Waals surface area contributed by atoms with Gasteiger partial charge in [0.25, 0.3) is 0 Å². The van der Waals surface area contributed by atoms with Crippen LogP contribution in [0.3, 0.4) is 0 Å². The molecule has 0 amide bonds. The molecular formula is C15H20N4. The van der Waals surface area contributed by atoms with Crippen LogP contribution in [0.5, 0.6) is 0 Å². The van der Waals surface area contributed by atoms with Gasteiger partial charge >= 0.3 is 0 Å². The van der Waals surface area contributed by atoms with Gasteiger partial charge in [0, 0.05) is 38.7 Å². The number of hydrogen-bond donors (Lipinski definition) is 1. The maximum absolute atomic E-state index is 4.42. The van der Waals surface area contributed by atoms with E-state index in [1.54, 1.807) is 0 Å². The highest BCUT2D eigenvalue weighted by atomic mass is 15.2. The zero-order chi connectivity index (χ0) is 13.5. The van der Waals surface area contributed by atoms with Crippen molar-refractivity contribution >= 4 is 5.82 Å². The molecule has 4 nitrogen and oxygen atoms in total. The third-order valence-corrected chi connectivity index (χ3v) is 3.07. The maximum atomic E-state index is 4.42. The molecule has 100 valence electrons. The molecule has 0 aliphatic heterocycles. The van der Waals surface area contributed by atoms with Gasteiger partial charge in [0.05, 0.1) is 0 Å². The van der Waals surface area contributed by atoms with Gasteiger partial charge in [-0.05, 0) is 48.9 Å². The lowest BCUT2D eigenvalue weighted by Crippen LogP contribution is -2.21. The van der Waals surface area contributed by atoms with Crippen molar-refractivity contribution in [3.05, 3.63) is 54.0 Å². The summed E-state index contributed by atoms with van der Waals surface area (Å²) in [6, 6.07) is 8.27. The molecule has 4 heteroatoms. The zero-order valence-electron chi connectivity index (χ0n) is 11.5. The molecule has 0 aliphatic rings. The molecule has 0 saturated carbocycles. The molecule has 0 aliphatic carbocycles. The Labute approximate surface area is 114 Å². The first kappa shape index (κ1) is 13.5. The van der Waals surface area contributed by atoms with E-state index in [0.717, 1.165) is 25.3 Å². The quantitative estimate of drug-likeness (QED) is 0.856. The van der Waals surface area contributed by atoms with Gasteiger partial charge in [-0.1, -0.05) is 0 Å². The first-order chi connectivity index (χ1) is 9.29. The van der Waals surface area contributed by atoms with Gasteiger partial charge in [-0.25, -0.2) is 4.98 Å². The van der Waals surface area contributed by atoms with Crippen LogP contribution >= 0.6 is 0 Å². The SMILES string of the molecule is CNCc1ccnc(N(C)CCc2ccncc2)c1. The number of hydrogen-bond acceptors (Lipinski definition) is 4. The van der Waals surface area contributed by atoms with Crippen LogP contribution in [0, 0.1) is 0 Å². The summed E-state index contributed by atoms with van der Waals surface area (Å²) < 4.78 is 0. The second-order valence-electron chi connectivity index (χ2n) is 4.58. The fraction of sp³-hybridized carbons (Fsp3) is 0.333. The topological polar surface area (TPSA) is 41.1 Å². The summed E-state index contributed by atoms with van der Waals surface area (Å²) in [5.74, 6) is 1.02. The number of likely N-dealkylation sites (N-methyl/N-ethyl adjacent to an activating group) is 1. The molecule has 2 aromatic rings. The van der Waals surface area contributed by atoms with E-state index in [0.29, 0.717) is 0 Å². The lowest BCUT2D eigenvalue weighted by molar-refractivity contribution is 0.809. The molecule has 19 heavy (non-hydrogen) atoms. The molecule has 0 aromatic carbocycles. The third-order valence-electron chi connectivity index (χ3n) is 3.07. The Hall–Kier alpha value is -1.94. The highest BCUT2D eigenvalue weighted by Crippen LogP contribution is 2.11. The molecule has 0 fully saturated rings. The average molecular weight is 256 g/mol. The van der Waals surface area contributed by atoms with Crippen molar-refractivity contribution in [1.29, 1.82) is 0 Å². The Balaban J connectivity index is 1.95. The van der Waals surface area contributed by atoms with E-state index in [9.17, 15) is 0 Å². The van der Waals surface area contributed by atoms with E-state index in [1.807, 2.05) is 31.7 Å².